The van der Waals surface area contributed by atoms with Crippen molar-refractivity contribution in [3.05, 3.63) is 54.1 Å². The number of rotatable bonds is 6. The quantitative estimate of drug-likeness (QED) is 0.789. The third kappa shape index (κ3) is 5.14. The van der Waals surface area contributed by atoms with E-state index in [1.165, 1.54) is 4.90 Å². The van der Waals surface area contributed by atoms with E-state index < -0.39 is 0 Å². The van der Waals surface area contributed by atoms with Gasteiger partial charge in [-0.3, -0.25) is 4.79 Å². The zero-order chi connectivity index (χ0) is 19.2. The minimum atomic E-state index is 0.158. The first-order valence-electron chi connectivity index (χ1n) is 9.29. The Morgan fingerprint density at radius 3 is 2.56 bits per heavy atom. The van der Waals surface area contributed by atoms with Crippen LogP contribution in [0.25, 0.3) is 0 Å². The molecule has 1 aliphatic rings. The van der Waals surface area contributed by atoms with E-state index in [-0.39, 0.29) is 11.7 Å². The maximum Gasteiger partial charge on any atom is 0.277 e. The predicted octanol–water partition coefficient (Wildman–Crippen LogP) is 0.764. The number of carbonyl (C=O) groups is 1. The van der Waals surface area contributed by atoms with Crippen molar-refractivity contribution in [2.45, 2.75) is 6.54 Å². The molecule has 0 radical (unpaired) electrons. The Labute approximate surface area is 160 Å². The second-order valence-electron chi connectivity index (χ2n) is 7.03. The van der Waals surface area contributed by atoms with Crippen LogP contribution in [0.4, 0.5) is 5.69 Å². The SMILES string of the molecule is COc1cccc(CN(C)C(=O)C[NH+]2CCN(c3ccc(O)cc3)CC2)c1. The fourth-order valence-corrected chi connectivity index (χ4v) is 3.40. The minimum Gasteiger partial charge on any atom is -0.508 e. The molecular weight excluding hydrogens is 342 g/mol. The van der Waals surface area contributed by atoms with Crippen LogP contribution in [0.3, 0.4) is 0 Å². The molecule has 2 aromatic carbocycles. The van der Waals surface area contributed by atoms with Crippen LogP contribution in [0.5, 0.6) is 11.5 Å². The van der Waals surface area contributed by atoms with E-state index in [1.54, 1.807) is 24.1 Å². The summed E-state index contributed by atoms with van der Waals surface area (Å²) in [7, 11) is 3.50. The molecule has 0 atom stereocenters. The van der Waals surface area contributed by atoms with Gasteiger partial charge in [0.15, 0.2) is 6.54 Å². The number of carbonyl (C=O) groups excluding carboxylic acids is 1. The number of ether oxygens (including phenoxy) is 1. The molecule has 6 heteroatoms. The fourth-order valence-electron chi connectivity index (χ4n) is 3.40. The molecule has 1 fully saturated rings. The number of phenolic OH excluding ortho intramolecular Hbond substituents is 1. The van der Waals surface area contributed by atoms with Crippen LogP contribution >= 0.6 is 0 Å². The van der Waals surface area contributed by atoms with Crippen molar-refractivity contribution in [1.29, 1.82) is 0 Å². The third-order valence-corrected chi connectivity index (χ3v) is 5.07. The number of nitrogens with zero attached hydrogens (tertiary/aromatic N) is 2. The normalized spacial score (nSPS) is 14.8. The van der Waals surface area contributed by atoms with Crippen molar-refractivity contribution in [3.63, 3.8) is 0 Å². The van der Waals surface area contributed by atoms with E-state index in [0.717, 1.165) is 43.2 Å². The summed E-state index contributed by atoms with van der Waals surface area (Å²) in [5.74, 6) is 1.25. The lowest BCUT2D eigenvalue weighted by Gasteiger charge is -2.34. The maximum atomic E-state index is 12.6. The van der Waals surface area contributed by atoms with E-state index in [9.17, 15) is 9.90 Å². The zero-order valence-electron chi connectivity index (χ0n) is 16.0. The standard InChI is InChI=1S/C21H27N3O3/c1-22(15-17-4-3-5-20(14-17)27-2)21(26)16-23-10-12-24(13-11-23)18-6-8-19(25)9-7-18/h3-9,14,25H,10-13,15-16H2,1-2H3/p+1. The van der Waals surface area contributed by atoms with Crippen LogP contribution in [0.1, 0.15) is 5.56 Å². The first kappa shape index (κ1) is 19.0. The number of hydrogen-bond acceptors (Lipinski definition) is 4. The number of benzene rings is 2. The van der Waals surface area contributed by atoms with Crippen molar-refractivity contribution in [1.82, 2.24) is 4.90 Å². The van der Waals surface area contributed by atoms with Gasteiger partial charge in [-0.05, 0) is 42.0 Å². The van der Waals surface area contributed by atoms with Crippen LogP contribution in [-0.4, -0.2) is 62.8 Å². The summed E-state index contributed by atoms with van der Waals surface area (Å²) in [5, 5.41) is 9.41. The Bertz CT molecular complexity index is 756. The third-order valence-electron chi connectivity index (χ3n) is 5.07. The van der Waals surface area contributed by atoms with E-state index in [1.807, 2.05) is 43.4 Å². The van der Waals surface area contributed by atoms with Crippen LogP contribution in [-0.2, 0) is 11.3 Å². The Morgan fingerprint density at radius 1 is 1.19 bits per heavy atom. The summed E-state index contributed by atoms with van der Waals surface area (Å²) in [6.45, 7) is 4.78. The second kappa shape index (κ2) is 8.77. The van der Waals surface area contributed by atoms with Gasteiger partial charge < -0.3 is 24.5 Å². The molecule has 0 saturated carbocycles. The Morgan fingerprint density at radius 2 is 1.89 bits per heavy atom. The minimum absolute atomic E-state index is 0.158. The number of piperazine rings is 1. The summed E-state index contributed by atoms with van der Waals surface area (Å²) in [6.07, 6.45) is 0. The largest absolute Gasteiger partial charge is 0.508 e. The lowest BCUT2D eigenvalue weighted by atomic mass is 10.2. The summed E-state index contributed by atoms with van der Waals surface area (Å²) in [4.78, 5) is 18.0. The molecule has 2 N–H and O–H groups in total. The first-order valence-corrected chi connectivity index (χ1v) is 9.29. The van der Waals surface area contributed by atoms with E-state index in [4.69, 9.17) is 4.74 Å². The first-order chi connectivity index (χ1) is 13.0. The molecule has 3 rings (SSSR count). The number of quaternary nitrogens is 1. The maximum absolute atomic E-state index is 12.6. The van der Waals surface area contributed by atoms with Crippen LogP contribution in [0.2, 0.25) is 0 Å². The molecule has 6 nitrogen and oxygen atoms in total. The van der Waals surface area contributed by atoms with E-state index in [0.29, 0.717) is 13.1 Å². The topological polar surface area (TPSA) is 57.5 Å². The van der Waals surface area contributed by atoms with Crippen molar-refractivity contribution < 1.29 is 19.5 Å². The van der Waals surface area contributed by atoms with E-state index in [2.05, 4.69) is 4.90 Å². The molecular formula is C21H28N3O3+. The molecule has 0 spiro atoms. The molecule has 1 heterocycles. The lowest BCUT2D eigenvalue weighted by Crippen LogP contribution is -3.15. The molecule has 2 aromatic rings. The van der Waals surface area contributed by atoms with Gasteiger partial charge in [-0.1, -0.05) is 12.1 Å². The number of hydrogen-bond donors (Lipinski definition) is 2. The summed E-state index contributed by atoms with van der Waals surface area (Å²) >= 11 is 0. The van der Waals surface area contributed by atoms with Gasteiger partial charge in [0.05, 0.1) is 33.3 Å². The number of amides is 1. The molecule has 0 unspecified atom stereocenters. The van der Waals surface area contributed by atoms with Gasteiger partial charge in [-0.2, -0.15) is 0 Å². The second-order valence-corrected chi connectivity index (χ2v) is 7.03. The van der Waals surface area contributed by atoms with Gasteiger partial charge in [0, 0.05) is 19.3 Å². The predicted molar refractivity (Wildman–Crippen MR) is 105 cm³/mol. The lowest BCUT2D eigenvalue weighted by molar-refractivity contribution is -0.892. The van der Waals surface area contributed by atoms with Crippen molar-refractivity contribution in [2.75, 3.05) is 51.8 Å². The van der Waals surface area contributed by atoms with Gasteiger partial charge in [0.25, 0.3) is 5.91 Å². The molecule has 1 aliphatic heterocycles. The van der Waals surface area contributed by atoms with Gasteiger partial charge in [0.1, 0.15) is 11.5 Å². The monoisotopic (exact) mass is 370 g/mol. The molecule has 0 bridgehead atoms. The smallest absolute Gasteiger partial charge is 0.277 e. The Hall–Kier alpha value is -2.73. The molecule has 27 heavy (non-hydrogen) atoms. The average molecular weight is 370 g/mol. The van der Waals surface area contributed by atoms with Crippen LogP contribution in [0.15, 0.2) is 48.5 Å². The molecule has 0 aliphatic carbocycles. The van der Waals surface area contributed by atoms with Crippen LogP contribution < -0.4 is 14.5 Å². The Balaban J connectivity index is 1.47. The van der Waals surface area contributed by atoms with Crippen molar-refractivity contribution >= 4 is 11.6 Å². The zero-order valence-corrected chi connectivity index (χ0v) is 16.0. The Kier molecular flexibility index (Phi) is 6.19. The summed E-state index contributed by atoms with van der Waals surface area (Å²) in [5.41, 5.74) is 2.19. The summed E-state index contributed by atoms with van der Waals surface area (Å²) in [6, 6.07) is 15.1. The molecule has 0 aromatic heterocycles. The number of nitrogens with one attached hydrogen (secondary N) is 1. The molecule has 1 amide bonds. The highest BCUT2D eigenvalue weighted by Gasteiger charge is 2.23. The summed E-state index contributed by atoms with van der Waals surface area (Å²) < 4.78 is 5.25. The van der Waals surface area contributed by atoms with Gasteiger partial charge in [0.2, 0.25) is 0 Å². The van der Waals surface area contributed by atoms with Gasteiger partial charge in [-0.15, -0.1) is 0 Å². The molecule has 144 valence electrons. The van der Waals surface area contributed by atoms with E-state index >= 15 is 0 Å². The number of aromatic hydroxyl groups is 1. The number of anilines is 1. The van der Waals surface area contributed by atoms with Crippen molar-refractivity contribution in [2.24, 2.45) is 0 Å². The number of likely N-dealkylation sites (N-methyl/N-ethyl adjacent to an activating group) is 1. The fraction of sp³-hybridized carbons (Fsp3) is 0.381. The highest BCUT2D eigenvalue weighted by molar-refractivity contribution is 5.76. The highest BCUT2D eigenvalue weighted by atomic mass is 16.5. The van der Waals surface area contributed by atoms with Crippen molar-refractivity contribution in [3.8, 4) is 11.5 Å². The van der Waals surface area contributed by atoms with Gasteiger partial charge in [-0.25, -0.2) is 0 Å². The van der Waals surface area contributed by atoms with Gasteiger partial charge >= 0.3 is 0 Å². The molecule has 1 saturated heterocycles. The number of phenols is 1. The highest BCUT2D eigenvalue weighted by Crippen LogP contribution is 2.18. The van der Waals surface area contributed by atoms with Crippen LogP contribution in [0, 0.1) is 0 Å². The number of methoxy groups -OCH3 is 1. The average Bonchev–Trinajstić information content (AvgIpc) is 2.69.